The van der Waals surface area contributed by atoms with E-state index < -0.39 is 20.0 Å². The number of benzene rings is 1. The highest BCUT2D eigenvalue weighted by atomic mass is 28.4. The van der Waals surface area contributed by atoms with Crippen molar-refractivity contribution in [3.63, 3.8) is 0 Å². The minimum atomic E-state index is -2.06. The largest absolute Gasteiger partial charge is 0.445 e. The van der Waals surface area contributed by atoms with Crippen molar-refractivity contribution in [2.75, 3.05) is 13.6 Å². The van der Waals surface area contributed by atoms with Crippen LogP contribution in [0.3, 0.4) is 0 Å². The van der Waals surface area contributed by atoms with Gasteiger partial charge in [0.25, 0.3) is 0 Å². The summed E-state index contributed by atoms with van der Waals surface area (Å²) < 4.78 is 18.3. The molecule has 8 heteroatoms. The first-order valence-electron chi connectivity index (χ1n) is 13.6. The molecule has 1 aromatic rings. The molecule has 0 bridgehead atoms. The minimum absolute atomic E-state index is 0.0619. The molecule has 0 spiro atoms. The lowest BCUT2D eigenvalue weighted by Gasteiger charge is -2.47. The first-order chi connectivity index (χ1) is 17.0. The topological polar surface area (TPSA) is 68.3 Å². The van der Waals surface area contributed by atoms with Gasteiger partial charge in [0.2, 0.25) is 0 Å². The SMILES string of the molecule is CC(CN(C)C(=O)OC(C)(C)C)N(C(=O)OCc1ccccc1)C1CCCCC1O[Si](C)(C)C(C)(C)C. The Morgan fingerprint density at radius 1 is 1.00 bits per heavy atom. The molecule has 1 aliphatic rings. The summed E-state index contributed by atoms with van der Waals surface area (Å²) in [5.74, 6) is 0. The standard InChI is InChI=1S/C29H50N2O5Si/c1-22(20-30(8)26(32)35-28(2,3)4)31(27(33)34-21-23-16-12-11-13-17-23)24-18-14-15-19-25(24)36-37(9,10)29(5,6)7/h11-13,16-17,22,24-25H,14-15,18-21H2,1-10H3. The molecule has 1 aromatic carbocycles. The van der Waals surface area contributed by atoms with Crippen LogP contribution in [-0.2, 0) is 20.5 Å². The fourth-order valence-electron chi connectivity index (χ4n) is 4.42. The lowest BCUT2D eigenvalue weighted by atomic mass is 9.90. The molecular weight excluding hydrogens is 484 g/mol. The van der Waals surface area contributed by atoms with Crippen molar-refractivity contribution in [2.45, 2.75) is 123 Å². The summed E-state index contributed by atoms with van der Waals surface area (Å²) in [5, 5.41) is 0.0657. The Hall–Kier alpha value is -2.06. The summed E-state index contributed by atoms with van der Waals surface area (Å²) >= 11 is 0. The maximum Gasteiger partial charge on any atom is 0.410 e. The van der Waals surface area contributed by atoms with Crippen molar-refractivity contribution in [2.24, 2.45) is 0 Å². The summed E-state index contributed by atoms with van der Waals surface area (Å²) in [6.45, 7) is 19.3. The highest BCUT2D eigenvalue weighted by Crippen LogP contribution is 2.40. The third-order valence-electron chi connectivity index (χ3n) is 7.41. The molecule has 0 heterocycles. The molecule has 2 amide bonds. The average molecular weight is 535 g/mol. The molecule has 1 saturated carbocycles. The predicted molar refractivity (Wildman–Crippen MR) is 151 cm³/mol. The summed E-state index contributed by atoms with van der Waals surface area (Å²) in [6.07, 6.45) is 3.02. The van der Waals surface area contributed by atoms with Gasteiger partial charge in [0.15, 0.2) is 8.32 Å². The second kappa shape index (κ2) is 12.7. The zero-order valence-corrected chi connectivity index (χ0v) is 25.8. The fraction of sp³-hybridized carbons (Fsp3) is 0.724. The third kappa shape index (κ3) is 9.32. The highest BCUT2D eigenvalue weighted by molar-refractivity contribution is 6.74. The van der Waals surface area contributed by atoms with Gasteiger partial charge in [-0.05, 0) is 64.2 Å². The lowest BCUT2D eigenvalue weighted by Crippen LogP contribution is -2.58. The van der Waals surface area contributed by atoms with Crippen molar-refractivity contribution in [3.05, 3.63) is 35.9 Å². The van der Waals surface area contributed by atoms with Gasteiger partial charge in [-0.25, -0.2) is 9.59 Å². The van der Waals surface area contributed by atoms with Gasteiger partial charge < -0.3 is 18.8 Å². The molecule has 0 saturated heterocycles. The highest BCUT2D eigenvalue weighted by Gasteiger charge is 2.44. The van der Waals surface area contributed by atoms with Crippen molar-refractivity contribution in [3.8, 4) is 0 Å². The second-order valence-electron chi connectivity index (χ2n) is 12.9. The van der Waals surface area contributed by atoms with Gasteiger partial charge in [-0.15, -0.1) is 0 Å². The number of carbonyl (C=O) groups excluding carboxylic acids is 2. The van der Waals surface area contributed by atoms with Gasteiger partial charge in [0.05, 0.1) is 18.2 Å². The van der Waals surface area contributed by atoms with E-state index in [1.54, 1.807) is 11.9 Å². The average Bonchev–Trinajstić information content (AvgIpc) is 2.77. The molecule has 0 radical (unpaired) electrons. The van der Waals surface area contributed by atoms with Crippen LogP contribution in [0.4, 0.5) is 9.59 Å². The van der Waals surface area contributed by atoms with Crippen LogP contribution >= 0.6 is 0 Å². The number of ether oxygens (including phenoxy) is 2. The van der Waals surface area contributed by atoms with E-state index in [0.717, 1.165) is 31.2 Å². The van der Waals surface area contributed by atoms with Crippen LogP contribution < -0.4 is 0 Å². The molecule has 2 rings (SSSR count). The molecule has 7 nitrogen and oxygen atoms in total. The number of hydrogen-bond donors (Lipinski definition) is 0. The molecule has 1 fully saturated rings. The molecule has 1 aliphatic carbocycles. The van der Waals surface area contributed by atoms with Crippen LogP contribution in [0.25, 0.3) is 0 Å². The number of carbonyl (C=O) groups is 2. The lowest BCUT2D eigenvalue weighted by molar-refractivity contribution is -0.00864. The summed E-state index contributed by atoms with van der Waals surface area (Å²) in [4.78, 5) is 29.7. The first-order valence-corrected chi connectivity index (χ1v) is 16.5. The summed E-state index contributed by atoms with van der Waals surface area (Å²) in [7, 11) is -0.350. The Morgan fingerprint density at radius 3 is 2.16 bits per heavy atom. The number of amides is 2. The Morgan fingerprint density at radius 2 is 1.59 bits per heavy atom. The van der Waals surface area contributed by atoms with E-state index in [-0.39, 0.29) is 35.9 Å². The maximum absolute atomic E-state index is 13.7. The zero-order chi connectivity index (χ0) is 28.0. The second-order valence-corrected chi connectivity index (χ2v) is 17.7. The zero-order valence-electron chi connectivity index (χ0n) is 24.8. The number of hydrogen-bond acceptors (Lipinski definition) is 5. The van der Waals surface area contributed by atoms with E-state index in [9.17, 15) is 9.59 Å². The van der Waals surface area contributed by atoms with Gasteiger partial charge in [0, 0.05) is 13.6 Å². The predicted octanol–water partition coefficient (Wildman–Crippen LogP) is 7.21. The first kappa shape index (κ1) is 31.2. The normalized spacial score (nSPS) is 19.6. The smallest absolute Gasteiger partial charge is 0.410 e. The van der Waals surface area contributed by atoms with Crippen molar-refractivity contribution < 1.29 is 23.5 Å². The molecule has 0 aliphatic heterocycles. The van der Waals surface area contributed by atoms with Crippen LogP contribution in [0.2, 0.25) is 18.1 Å². The third-order valence-corrected chi connectivity index (χ3v) is 11.9. The van der Waals surface area contributed by atoms with Gasteiger partial charge >= 0.3 is 12.2 Å². The van der Waals surface area contributed by atoms with E-state index in [0.29, 0.717) is 6.54 Å². The van der Waals surface area contributed by atoms with E-state index in [2.05, 4.69) is 33.9 Å². The number of likely N-dealkylation sites (N-methyl/N-ethyl adjacent to an activating group) is 1. The van der Waals surface area contributed by atoms with Crippen molar-refractivity contribution in [1.29, 1.82) is 0 Å². The molecule has 37 heavy (non-hydrogen) atoms. The Bertz CT molecular complexity index is 879. The minimum Gasteiger partial charge on any atom is -0.445 e. The monoisotopic (exact) mass is 534 g/mol. The van der Waals surface area contributed by atoms with E-state index >= 15 is 0 Å². The number of rotatable bonds is 8. The van der Waals surface area contributed by atoms with Gasteiger partial charge in [-0.2, -0.15) is 0 Å². The summed E-state index contributed by atoms with van der Waals surface area (Å²) in [5.41, 5.74) is 0.348. The van der Waals surface area contributed by atoms with Crippen LogP contribution in [0.5, 0.6) is 0 Å². The van der Waals surface area contributed by atoms with Crippen LogP contribution in [0.15, 0.2) is 30.3 Å². The Labute approximate surface area is 226 Å². The van der Waals surface area contributed by atoms with Crippen molar-refractivity contribution in [1.82, 2.24) is 9.80 Å². The van der Waals surface area contributed by atoms with Crippen LogP contribution in [-0.4, -0.2) is 67.7 Å². The Balaban J connectivity index is 2.29. The quantitative estimate of drug-likeness (QED) is 0.330. The molecule has 3 atom stereocenters. The molecule has 0 N–H and O–H groups in total. The Kier molecular flexibility index (Phi) is 10.7. The van der Waals surface area contributed by atoms with Crippen LogP contribution in [0.1, 0.15) is 79.7 Å². The van der Waals surface area contributed by atoms with Gasteiger partial charge in [-0.3, -0.25) is 4.90 Å². The molecule has 0 aromatic heterocycles. The van der Waals surface area contributed by atoms with E-state index in [1.165, 1.54) is 0 Å². The molecule has 210 valence electrons. The van der Waals surface area contributed by atoms with Crippen LogP contribution in [0, 0.1) is 0 Å². The fourth-order valence-corrected chi connectivity index (χ4v) is 5.81. The van der Waals surface area contributed by atoms with Crippen molar-refractivity contribution >= 4 is 20.5 Å². The van der Waals surface area contributed by atoms with Gasteiger partial charge in [0.1, 0.15) is 12.2 Å². The summed E-state index contributed by atoms with van der Waals surface area (Å²) in [6, 6.07) is 9.30. The molecule has 3 unspecified atom stereocenters. The van der Waals surface area contributed by atoms with E-state index in [4.69, 9.17) is 13.9 Å². The molecular formula is C29H50N2O5Si. The van der Waals surface area contributed by atoms with E-state index in [1.807, 2.05) is 62.9 Å². The number of nitrogens with zero attached hydrogens (tertiary/aromatic N) is 2. The van der Waals surface area contributed by atoms with Gasteiger partial charge in [-0.1, -0.05) is 63.9 Å². The maximum atomic E-state index is 13.7.